The van der Waals surface area contributed by atoms with E-state index in [0.717, 1.165) is 12.3 Å². The molecule has 3 rings (SSSR count). The first-order valence-corrected chi connectivity index (χ1v) is 11.4. The molecule has 0 bridgehead atoms. The van der Waals surface area contributed by atoms with Gasteiger partial charge in [-0.1, -0.05) is 6.92 Å². The van der Waals surface area contributed by atoms with Crippen LogP contribution >= 0.6 is 0 Å². The minimum absolute atomic E-state index is 0.0224. The molecule has 0 amide bonds. The van der Waals surface area contributed by atoms with Crippen molar-refractivity contribution in [2.24, 2.45) is 7.05 Å². The third-order valence-corrected chi connectivity index (χ3v) is 6.72. The molecule has 0 aliphatic heterocycles. The zero-order valence-corrected chi connectivity index (χ0v) is 19.0. The Kier molecular flexibility index (Phi) is 6.02. The number of pyridine rings is 2. The predicted octanol–water partition coefficient (Wildman–Crippen LogP) is 4.05. The zero-order valence-electron chi connectivity index (χ0n) is 18.2. The van der Waals surface area contributed by atoms with Crippen molar-refractivity contribution in [2.45, 2.75) is 44.8 Å². The predicted molar refractivity (Wildman–Crippen MR) is 115 cm³/mol. The Morgan fingerprint density at radius 1 is 1.22 bits per heavy atom. The minimum Gasteiger partial charge on any atom is -0.327 e. The summed E-state index contributed by atoms with van der Waals surface area (Å²) in [5, 5.41) is 8.02. The Balaban J connectivity index is 2.28. The second-order valence-corrected chi connectivity index (χ2v) is 9.79. The monoisotopic (exact) mass is 468 g/mol. The molecule has 0 fully saturated rings. The number of rotatable bonds is 5. The van der Waals surface area contributed by atoms with Crippen molar-refractivity contribution in [2.75, 3.05) is 10.7 Å². The SMILES string of the molecule is CCS(=O)(=O)c1cc(N(C(C)=N)C(C)C)cnc1-c1nc2cc(C(F)(F)F)ncc2n1C. The van der Waals surface area contributed by atoms with Gasteiger partial charge in [-0.25, -0.2) is 23.4 Å². The van der Waals surface area contributed by atoms with E-state index in [1.165, 1.54) is 23.8 Å². The summed E-state index contributed by atoms with van der Waals surface area (Å²) < 4.78 is 66.4. The Bertz CT molecular complexity index is 1300. The number of sulfone groups is 1. The fourth-order valence-electron chi connectivity index (χ4n) is 3.46. The molecule has 8 nitrogen and oxygen atoms in total. The topological polar surface area (TPSA) is 105 Å². The molecule has 0 aliphatic carbocycles. The summed E-state index contributed by atoms with van der Waals surface area (Å²) in [6, 6.07) is 2.12. The first-order chi connectivity index (χ1) is 14.8. The van der Waals surface area contributed by atoms with Crippen LogP contribution in [-0.4, -0.2) is 45.6 Å². The molecule has 3 aromatic heterocycles. The lowest BCUT2D eigenvalue weighted by atomic mass is 10.2. The molecule has 32 heavy (non-hydrogen) atoms. The van der Waals surface area contributed by atoms with Crippen LogP contribution in [0.2, 0.25) is 0 Å². The summed E-state index contributed by atoms with van der Waals surface area (Å²) in [7, 11) is -2.22. The number of nitrogens with zero attached hydrogens (tertiary/aromatic N) is 5. The van der Waals surface area contributed by atoms with Crippen LogP contribution < -0.4 is 4.90 Å². The third kappa shape index (κ3) is 4.18. The van der Waals surface area contributed by atoms with E-state index in [9.17, 15) is 21.6 Å². The van der Waals surface area contributed by atoms with Gasteiger partial charge in [-0.05, 0) is 32.9 Å². The highest BCUT2D eigenvalue weighted by molar-refractivity contribution is 7.91. The standard InChI is InChI=1S/C20H23F3N6O2S/c1-6-32(30,31)16-7-13(29(11(2)3)12(4)24)9-26-18(16)19-27-14-8-17(20(21,22)23)25-10-15(14)28(19)5/h7-11,24H,6H2,1-5H3. The Morgan fingerprint density at radius 3 is 2.41 bits per heavy atom. The van der Waals surface area contributed by atoms with E-state index in [-0.39, 0.29) is 39.6 Å². The first-order valence-electron chi connectivity index (χ1n) is 9.75. The van der Waals surface area contributed by atoms with E-state index in [0.29, 0.717) is 11.2 Å². The van der Waals surface area contributed by atoms with Crippen molar-refractivity contribution in [3.8, 4) is 11.5 Å². The minimum atomic E-state index is -4.63. The Morgan fingerprint density at radius 2 is 1.88 bits per heavy atom. The molecule has 0 spiro atoms. The number of aryl methyl sites for hydroxylation is 1. The maximum Gasteiger partial charge on any atom is 0.433 e. The maximum atomic E-state index is 13.1. The van der Waals surface area contributed by atoms with Crippen LogP contribution in [0.3, 0.4) is 0 Å². The van der Waals surface area contributed by atoms with Gasteiger partial charge in [0.25, 0.3) is 0 Å². The molecular formula is C20H23F3N6O2S. The molecule has 0 aromatic carbocycles. The van der Waals surface area contributed by atoms with Crippen LogP contribution in [-0.2, 0) is 23.1 Å². The van der Waals surface area contributed by atoms with Gasteiger partial charge in [0.15, 0.2) is 15.7 Å². The lowest BCUT2D eigenvalue weighted by Gasteiger charge is -2.28. The number of nitrogens with one attached hydrogen (secondary N) is 1. The first kappa shape index (κ1) is 23.6. The number of anilines is 1. The number of alkyl halides is 3. The fraction of sp³-hybridized carbons (Fsp3) is 0.400. The maximum absolute atomic E-state index is 13.1. The van der Waals surface area contributed by atoms with E-state index >= 15 is 0 Å². The molecule has 172 valence electrons. The van der Waals surface area contributed by atoms with Crippen molar-refractivity contribution in [1.29, 1.82) is 5.41 Å². The summed E-state index contributed by atoms with van der Waals surface area (Å²) in [4.78, 5) is 13.6. The lowest BCUT2D eigenvalue weighted by molar-refractivity contribution is -0.141. The lowest BCUT2D eigenvalue weighted by Crippen LogP contribution is -2.35. The van der Waals surface area contributed by atoms with E-state index in [1.807, 2.05) is 13.8 Å². The van der Waals surface area contributed by atoms with E-state index in [1.54, 1.807) is 18.9 Å². The number of hydrogen-bond acceptors (Lipinski definition) is 6. The summed E-state index contributed by atoms with van der Waals surface area (Å²) >= 11 is 0. The average molecular weight is 469 g/mol. The summed E-state index contributed by atoms with van der Waals surface area (Å²) in [5.74, 6) is 0.102. The Labute approximate surface area is 183 Å². The highest BCUT2D eigenvalue weighted by Gasteiger charge is 2.33. The van der Waals surface area contributed by atoms with Crippen molar-refractivity contribution in [1.82, 2.24) is 19.5 Å². The van der Waals surface area contributed by atoms with Gasteiger partial charge in [-0.3, -0.25) is 5.41 Å². The molecule has 3 aromatic rings. The van der Waals surface area contributed by atoms with Crippen LogP contribution in [0.15, 0.2) is 29.4 Å². The van der Waals surface area contributed by atoms with E-state index < -0.39 is 21.7 Å². The zero-order chi connectivity index (χ0) is 24.0. The van der Waals surface area contributed by atoms with Gasteiger partial charge in [0.1, 0.15) is 11.4 Å². The summed E-state index contributed by atoms with van der Waals surface area (Å²) in [6.45, 7) is 6.79. The van der Waals surface area contributed by atoms with Gasteiger partial charge in [0.05, 0.1) is 45.6 Å². The quantitative estimate of drug-likeness (QED) is 0.447. The highest BCUT2D eigenvalue weighted by Crippen LogP contribution is 2.33. The highest BCUT2D eigenvalue weighted by atomic mass is 32.2. The molecule has 0 unspecified atom stereocenters. The molecule has 0 radical (unpaired) electrons. The molecule has 0 saturated heterocycles. The third-order valence-electron chi connectivity index (χ3n) is 4.98. The normalized spacial score (nSPS) is 12.5. The summed E-state index contributed by atoms with van der Waals surface area (Å²) in [6.07, 6.45) is -2.15. The van der Waals surface area contributed by atoms with Crippen LogP contribution in [0, 0.1) is 5.41 Å². The van der Waals surface area contributed by atoms with Crippen molar-refractivity contribution in [3.63, 3.8) is 0 Å². The Hall–Kier alpha value is -3.02. The number of amidine groups is 1. The van der Waals surface area contributed by atoms with Gasteiger partial charge in [0.2, 0.25) is 0 Å². The molecule has 3 heterocycles. The molecule has 0 saturated carbocycles. The molecular weight excluding hydrogens is 445 g/mol. The van der Waals surface area contributed by atoms with Gasteiger partial charge in [-0.15, -0.1) is 0 Å². The van der Waals surface area contributed by atoms with Gasteiger partial charge < -0.3 is 9.47 Å². The van der Waals surface area contributed by atoms with Gasteiger partial charge >= 0.3 is 6.18 Å². The second kappa shape index (κ2) is 8.15. The average Bonchev–Trinajstić information content (AvgIpc) is 3.02. The van der Waals surface area contributed by atoms with Gasteiger partial charge in [0, 0.05) is 13.1 Å². The smallest absolute Gasteiger partial charge is 0.327 e. The second-order valence-electron chi connectivity index (χ2n) is 7.54. The van der Waals surface area contributed by atoms with Crippen LogP contribution in [0.4, 0.5) is 18.9 Å². The number of fused-ring (bicyclic) bond motifs is 1. The van der Waals surface area contributed by atoms with Crippen molar-refractivity contribution >= 4 is 32.4 Å². The van der Waals surface area contributed by atoms with Crippen molar-refractivity contribution in [3.05, 3.63) is 30.2 Å². The number of hydrogen-bond donors (Lipinski definition) is 1. The van der Waals surface area contributed by atoms with Crippen LogP contribution in [0.5, 0.6) is 0 Å². The summed E-state index contributed by atoms with van der Waals surface area (Å²) in [5.41, 5.74) is -0.321. The molecule has 1 N–H and O–H groups in total. The number of imidazole rings is 1. The molecule has 0 aliphatic rings. The fourth-order valence-corrected chi connectivity index (χ4v) is 4.51. The van der Waals surface area contributed by atoms with Crippen LogP contribution in [0.1, 0.15) is 33.4 Å². The number of halogens is 3. The number of aromatic nitrogens is 4. The van der Waals surface area contributed by atoms with E-state index in [2.05, 4.69) is 15.0 Å². The van der Waals surface area contributed by atoms with Crippen molar-refractivity contribution < 1.29 is 21.6 Å². The van der Waals surface area contributed by atoms with Crippen LogP contribution in [0.25, 0.3) is 22.6 Å². The largest absolute Gasteiger partial charge is 0.433 e. The van der Waals surface area contributed by atoms with E-state index in [4.69, 9.17) is 5.41 Å². The molecule has 0 atom stereocenters. The van der Waals surface area contributed by atoms with Gasteiger partial charge in [-0.2, -0.15) is 13.2 Å². The molecule has 12 heteroatoms.